The molecule has 162 valence electrons. The number of nitrogens with zero attached hydrogens (tertiary/aromatic N) is 2. The molecule has 0 aliphatic rings. The summed E-state index contributed by atoms with van der Waals surface area (Å²) in [6.45, 7) is 5.30. The molecule has 0 fully saturated rings. The molecule has 0 bridgehead atoms. The Labute approximate surface area is 188 Å². The number of rotatable bonds is 9. The summed E-state index contributed by atoms with van der Waals surface area (Å²) in [5, 5.41) is 0.565. The van der Waals surface area contributed by atoms with Crippen LogP contribution in [0.2, 0.25) is 5.02 Å². The number of furan rings is 1. The molecule has 0 spiro atoms. The van der Waals surface area contributed by atoms with Crippen LogP contribution in [0.1, 0.15) is 35.5 Å². The summed E-state index contributed by atoms with van der Waals surface area (Å²) >= 11 is 5.96. The predicted molar refractivity (Wildman–Crippen MR) is 122 cm³/mol. The second-order valence-electron chi connectivity index (χ2n) is 7.90. The number of carbonyl (C=O) groups excluding carboxylic acids is 2. The van der Waals surface area contributed by atoms with Gasteiger partial charge in [0.05, 0.1) is 12.8 Å². The number of hydrogen-bond acceptors (Lipinski definition) is 3. The minimum absolute atomic E-state index is 0.00676. The van der Waals surface area contributed by atoms with Crippen molar-refractivity contribution in [2.75, 3.05) is 13.1 Å². The molecule has 0 saturated carbocycles. The summed E-state index contributed by atoms with van der Waals surface area (Å²) in [5.74, 6) is 0.597. The summed E-state index contributed by atoms with van der Waals surface area (Å²) in [6, 6.07) is 20.2. The molecule has 0 aliphatic heterocycles. The van der Waals surface area contributed by atoms with Crippen LogP contribution >= 0.6 is 11.6 Å². The lowest BCUT2D eigenvalue weighted by Crippen LogP contribution is -2.43. The van der Waals surface area contributed by atoms with Gasteiger partial charge in [0.1, 0.15) is 12.3 Å². The van der Waals surface area contributed by atoms with Crippen LogP contribution in [0.3, 0.4) is 0 Å². The fraction of sp³-hybridized carbons (Fsp3) is 0.280. The minimum Gasteiger partial charge on any atom is -0.467 e. The molecular formula is C25H27ClN2O3. The van der Waals surface area contributed by atoms with E-state index >= 15 is 0 Å². The number of amides is 2. The third kappa shape index (κ3) is 6.72. The first-order chi connectivity index (χ1) is 14.9. The average Bonchev–Trinajstić information content (AvgIpc) is 3.26. The lowest BCUT2D eigenvalue weighted by Gasteiger charge is -2.28. The van der Waals surface area contributed by atoms with E-state index in [9.17, 15) is 9.59 Å². The van der Waals surface area contributed by atoms with Gasteiger partial charge >= 0.3 is 0 Å². The molecule has 3 rings (SSSR count). The van der Waals surface area contributed by atoms with Crippen molar-refractivity contribution >= 4 is 23.4 Å². The van der Waals surface area contributed by atoms with Gasteiger partial charge in [0.25, 0.3) is 5.91 Å². The topological polar surface area (TPSA) is 53.8 Å². The van der Waals surface area contributed by atoms with Gasteiger partial charge in [-0.1, -0.05) is 55.8 Å². The van der Waals surface area contributed by atoms with E-state index in [1.807, 2.05) is 50.2 Å². The van der Waals surface area contributed by atoms with E-state index in [1.54, 1.807) is 46.4 Å². The number of carbonyl (C=O) groups is 2. The lowest BCUT2D eigenvalue weighted by atomic mass is 10.1. The van der Waals surface area contributed by atoms with E-state index in [4.69, 9.17) is 16.0 Å². The van der Waals surface area contributed by atoms with Crippen LogP contribution < -0.4 is 0 Å². The molecule has 0 radical (unpaired) electrons. The highest BCUT2D eigenvalue weighted by Crippen LogP contribution is 2.15. The van der Waals surface area contributed by atoms with Crippen molar-refractivity contribution in [3.63, 3.8) is 0 Å². The smallest absolute Gasteiger partial charge is 0.254 e. The molecule has 0 atom stereocenters. The standard InChI is InChI=1S/C25H27ClN2O3/c1-19(2)15-28(25(30)21-10-12-22(26)13-11-21)18-24(29)27(17-23-9-6-14-31-23)16-20-7-4-3-5-8-20/h3-14,19H,15-18H2,1-2H3. The predicted octanol–water partition coefficient (Wildman–Crippen LogP) is 5.26. The van der Waals surface area contributed by atoms with E-state index in [-0.39, 0.29) is 24.3 Å². The Balaban J connectivity index is 1.79. The highest BCUT2D eigenvalue weighted by Gasteiger charge is 2.24. The largest absolute Gasteiger partial charge is 0.467 e. The molecule has 3 aromatic rings. The molecule has 6 heteroatoms. The van der Waals surface area contributed by atoms with Gasteiger partial charge in [0, 0.05) is 23.7 Å². The van der Waals surface area contributed by atoms with Crippen LogP contribution in [0.15, 0.2) is 77.4 Å². The normalized spacial score (nSPS) is 10.8. The van der Waals surface area contributed by atoms with Crippen LogP contribution in [0.4, 0.5) is 0 Å². The van der Waals surface area contributed by atoms with Crippen molar-refractivity contribution in [2.24, 2.45) is 5.92 Å². The van der Waals surface area contributed by atoms with Gasteiger partial charge in [0.2, 0.25) is 5.91 Å². The number of benzene rings is 2. The highest BCUT2D eigenvalue weighted by molar-refractivity contribution is 6.30. The molecule has 0 unspecified atom stereocenters. The summed E-state index contributed by atoms with van der Waals surface area (Å²) in [4.78, 5) is 29.8. The SMILES string of the molecule is CC(C)CN(CC(=O)N(Cc1ccccc1)Cc1ccco1)C(=O)c1ccc(Cl)cc1. The Morgan fingerprint density at radius 2 is 1.61 bits per heavy atom. The van der Waals surface area contributed by atoms with E-state index < -0.39 is 0 Å². The summed E-state index contributed by atoms with van der Waals surface area (Å²) < 4.78 is 5.46. The first kappa shape index (κ1) is 22.6. The Bertz CT molecular complexity index is 970. The Morgan fingerprint density at radius 1 is 0.903 bits per heavy atom. The Hall–Kier alpha value is -3.05. The second-order valence-corrected chi connectivity index (χ2v) is 8.34. The fourth-order valence-corrected chi connectivity index (χ4v) is 3.45. The van der Waals surface area contributed by atoms with Gasteiger partial charge in [-0.15, -0.1) is 0 Å². The van der Waals surface area contributed by atoms with Crippen molar-refractivity contribution in [2.45, 2.75) is 26.9 Å². The molecular weight excluding hydrogens is 412 g/mol. The van der Waals surface area contributed by atoms with E-state index in [1.165, 1.54) is 0 Å². The minimum atomic E-state index is -0.184. The molecule has 5 nitrogen and oxygen atoms in total. The van der Waals surface area contributed by atoms with Gasteiger partial charge in [-0.2, -0.15) is 0 Å². The molecule has 1 aromatic heterocycles. The maximum atomic E-state index is 13.3. The fourth-order valence-electron chi connectivity index (χ4n) is 3.33. The van der Waals surface area contributed by atoms with Gasteiger partial charge in [0.15, 0.2) is 0 Å². The molecule has 0 saturated heterocycles. The summed E-state index contributed by atoms with van der Waals surface area (Å²) in [5.41, 5.74) is 1.53. The van der Waals surface area contributed by atoms with Crippen molar-refractivity contribution in [1.29, 1.82) is 0 Å². The van der Waals surface area contributed by atoms with Gasteiger partial charge in [-0.05, 0) is 47.9 Å². The van der Waals surface area contributed by atoms with Crippen molar-refractivity contribution < 1.29 is 14.0 Å². The third-order valence-electron chi connectivity index (χ3n) is 4.79. The Morgan fingerprint density at radius 3 is 2.23 bits per heavy atom. The maximum absolute atomic E-state index is 13.3. The van der Waals surface area contributed by atoms with Crippen LogP contribution in [-0.2, 0) is 17.9 Å². The molecule has 2 amide bonds. The van der Waals surface area contributed by atoms with Crippen LogP contribution in [-0.4, -0.2) is 34.7 Å². The highest BCUT2D eigenvalue weighted by atomic mass is 35.5. The zero-order valence-corrected chi connectivity index (χ0v) is 18.6. The molecule has 31 heavy (non-hydrogen) atoms. The zero-order valence-electron chi connectivity index (χ0n) is 17.8. The quantitative estimate of drug-likeness (QED) is 0.458. The maximum Gasteiger partial charge on any atom is 0.254 e. The van der Waals surface area contributed by atoms with E-state index in [0.717, 1.165) is 5.56 Å². The molecule has 0 aliphatic carbocycles. The van der Waals surface area contributed by atoms with Crippen molar-refractivity contribution in [3.8, 4) is 0 Å². The van der Waals surface area contributed by atoms with Gasteiger partial charge < -0.3 is 14.2 Å². The van der Waals surface area contributed by atoms with Gasteiger partial charge in [-0.3, -0.25) is 9.59 Å². The lowest BCUT2D eigenvalue weighted by molar-refractivity contribution is -0.133. The summed E-state index contributed by atoms with van der Waals surface area (Å²) in [6.07, 6.45) is 1.59. The van der Waals surface area contributed by atoms with Crippen molar-refractivity contribution in [1.82, 2.24) is 9.80 Å². The number of hydrogen-bond donors (Lipinski definition) is 0. The first-order valence-corrected chi connectivity index (χ1v) is 10.7. The van der Waals surface area contributed by atoms with E-state index in [2.05, 4.69) is 0 Å². The molecule has 2 aromatic carbocycles. The average molecular weight is 439 g/mol. The first-order valence-electron chi connectivity index (χ1n) is 10.3. The Kier molecular flexibility index (Phi) is 7.90. The molecule has 1 heterocycles. The third-order valence-corrected chi connectivity index (χ3v) is 5.04. The van der Waals surface area contributed by atoms with Crippen LogP contribution in [0.25, 0.3) is 0 Å². The monoisotopic (exact) mass is 438 g/mol. The van der Waals surface area contributed by atoms with Crippen molar-refractivity contribution in [3.05, 3.63) is 94.9 Å². The van der Waals surface area contributed by atoms with Crippen LogP contribution in [0.5, 0.6) is 0 Å². The number of halogens is 1. The molecule has 0 N–H and O–H groups in total. The van der Waals surface area contributed by atoms with E-state index in [0.29, 0.717) is 36.0 Å². The zero-order chi connectivity index (χ0) is 22.2. The van der Waals surface area contributed by atoms with Gasteiger partial charge in [-0.25, -0.2) is 0 Å². The summed E-state index contributed by atoms with van der Waals surface area (Å²) in [7, 11) is 0. The second kappa shape index (κ2) is 10.8. The van der Waals surface area contributed by atoms with Crippen LogP contribution in [0, 0.1) is 5.92 Å².